The van der Waals surface area contributed by atoms with Crippen LogP contribution in [-0.4, -0.2) is 5.91 Å². The third kappa shape index (κ3) is 3.03. The van der Waals surface area contributed by atoms with E-state index < -0.39 is 0 Å². The first-order valence-corrected chi connectivity index (χ1v) is 5.97. The van der Waals surface area contributed by atoms with Crippen LogP contribution in [0, 0.1) is 12.7 Å². The molecule has 0 bridgehead atoms. The molecule has 0 fully saturated rings. The molecule has 19 heavy (non-hydrogen) atoms. The number of hydrogen-bond donors (Lipinski definition) is 2. The summed E-state index contributed by atoms with van der Waals surface area (Å²) in [6.07, 6.45) is 0. The van der Waals surface area contributed by atoms with Crippen molar-refractivity contribution in [3.05, 3.63) is 58.4 Å². The van der Waals surface area contributed by atoms with Gasteiger partial charge in [-0.05, 0) is 48.9 Å². The van der Waals surface area contributed by atoms with Crippen molar-refractivity contribution in [3.8, 4) is 0 Å². The molecule has 0 heterocycles. The van der Waals surface area contributed by atoms with Crippen LogP contribution >= 0.6 is 11.6 Å². The fourth-order valence-corrected chi connectivity index (χ4v) is 1.91. The summed E-state index contributed by atoms with van der Waals surface area (Å²) in [5, 5.41) is 2.93. The maximum absolute atomic E-state index is 13.1. The molecule has 0 aliphatic heterocycles. The summed E-state index contributed by atoms with van der Waals surface area (Å²) in [4.78, 5) is 12.0. The number of nitrogens with one attached hydrogen (secondary N) is 1. The van der Waals surface area contributed by atoms with Gasteiger partial charge >= 0.3 is 0 Å². The van der Waals surface area contributed by atoms with Crippen LogP contribution in [0.2, 0.25) is 5.02 Å². The SMILES string of the molecule is Cc1cc(NC(=O)c2ccc(N)cc2Cl)ccc1F. The van der Waals surface area contributed by atoms with Crippen LogP contribution in [0.1, 0.15) is 15.9 Å². The minimum absolute atomic E-state index is 0.274. The summed E-state index contributed by atoms with van der Waals surface area (Å²) >= 11 is 5.95. The molecule has 0 aromatic heterocycles. The van der Waals surface area contributed by atoms with Crippen LogP contribution in [0.5, 0.6) is 0 Å². The van der Waals surface area contributed by atoms with Crippen LogP contribution in [0.15, 0.2) is 36.4 Å². The van der Waals surface area contributed by atoms with E-state index in [9.17, 15) is 9.18 Å². The smallest absolute Gasteiger partial charge is 0.257 e. The summed E-state index contributed by atoms with van der Waals surface area (Å²) in [5.41, 5.74) is 7.33. The maximum atomic E-state index is 13.1. The molecule has 0 saturated carbocycles. The van der Waals surface area contributed by atoms with Gasteiger partial charge in [-0.25, -0.2) is 4.39 Å². The molecule has 1 amide bonds. The number of amides is 1. The van der Waals surface area contributed by atoms with Crippen molar-refractivity contribution in [2.24, 2.45) is 0 Å². The molecular weight excluding hydrogens is 267 g/mol. The third-order valence-corrected chi connectivity index (χ3v) is 2.97. The van der Waals surface area contributed by atoms with Crippen LogP contribution in [0.4, 0.5) is 15.8 Å². The van der Waals surface area contributed by atoms with E-state index in [0.717, 1.165) is 0 Å². The number of halogens is 2. The molecule has 0 unspecified atom stereocenters. The van der Waals surface area contributed by atoms with Gasteiger partial charge in [0.05, 0.1) is 10.6 Å². The van der Waals surface area contributed by atoms with E-state index in [2.05, 4.69) is 5.32 Å². The number of carbonyl (C=O) groups excluding carboxylic acids is 1. The van der Waals surface area contributed by atoms with E-state index in [1.54, 1.807) is 25.1 Å². The van der Waals surface area contributed by atoms with E-state index >= 15 is 0 Å². The average Bonchev–Trinajstić information content (AvgIpc) is 2.33. The fourth-order valence-electron chi connectivity index (χ4n) is 1.64. The first kappa shape index (κ1) is 13.4. The lowest BCUT2D eigenvalue weighted by Gasteiger charge is -2.08. The van der Waals surface area contributed by atoms with Crippen molar-refractivity contribution >= 4 is 28.9 Å². The predicted octanol–water partition coefficient (Wildman–Crippen LogP) is 3.62. The number of nitrogen functional groups attached to an aromatic ring is 1. The number of benzene rings is 2. The quantitative estimate of drug-likeness (QED) is 0.824. The minimum atomic E-state index is -0.365. The number of carbonyl (C=O) groups is 1. The van der Waals surface area contributed by atoms with Crippen LogP contribution < -0.4 is 11.1 Å². The highest BCUT2D eigenvalue weighted by Crippen LogP contribution is 2.21. The van der Waals surface area contributed by atoms with E-state index in [-0.39, 0.29) is 16.7 Å². The third-order valence-electron chi connectivity index (χ3n) is 2.65. The zero-order valence-electron chi connectivity index (χ0n) is 10.2. The van der Waals surface area contributed by atoms with Crippen molar-refractivity contribution in [1.82, 2.24) is 0 Å². The van der Waals surface area contributed by atoms with Crippen LogP contribution in [0.25, 0.3) is 0 Å². The van der Waals surface area contributed by atoms with Crippen LogP contribution in [-0.2, 0) is 0 Å². The highest BCUT2D eigenvalue weighted by Gasteiger charge is 2.11. The number of aryl methyl sites for hydroxylation is 1. The molecule has 0 aliphatic carbocycles. The van der Waals surface area contributed by atoms with Crippen molar-refractivity contribution in [2.75, 3.05) is 11.1 Å². The minimum Gasteiger partial charge on any atom is -0.399 e. The van der Waals surface area contributed by atoms with Gasteiger partial charge in [0.15, 0.2) is 0 Å². The standard InChI is InChI=1S/C14H12ClFN2O/c1-8-6-10(3-5-13(8)16)18-14(19)11-4-2-9(17)7-12(11)15/h2-7H,17H2,1H3,(H,18,19). The molecule has 0 atom stereocenters. The van der Waals surface area contributed by atoms with Gasteiger partial charge in [-0.1, -0.05) is 11.6 Å². The molecule has 0 spiro atoms. The predicted molar refractivity (Wildman–Crippen MR) is 75.0 cm³/mol. The summed E-state index contributed by atoms with van der Waals surface area (Å²) < 4.78 is 13.1. The molecule has 0 aliphatic rings. The molecular formula is C14H12ClFN2O. The summed E-state index contributed by atoms with van der Waals surface area (Å²) in [7, 11) is 0. The first-order valence-electron chi connectivity index (χ1n) is 5.60. The number of hydrogen-bond acceptors (Lipinski definition) is 2. The Balaban J connectivity index is 2.23. The van der Waals surface area contributed by atoms with Gasteiger partial charge in [0, 0.05) is 11.4 Å². The van der Waals surface area contributed by atoms with Crippen molar-refractivity contribution in [2.45, 2.75) is 6.92 Å². The topological polar surface area (TPSA) is 55.1 Å². The Morgan fingerprint density at radius 1 is 1.26 bits per heavy atom. The normalized spacial score (nSPS) is 10.3. The van der Waals surface area contributed by atoms with E-state index in [0.29, 0.717) is 22.5 Å². The van der Waals surface area contributed by atoms with Gasteiger partial charge in [0.2, 0.25) is 0 Å². The molecule has 3 N–H and O–H groups in total. The molecule has 98 valence electrons. The highest BCUT2D eigenvalue weighted by molar-refractivity contribution is 6.34. The lowest BCUT2D eigenvalue weighted by molar-refractivity contribution is 0.102. The van der Waals surface area contributed by atoms with Crippen molar-refractivity contribution in [1.29, 1.82) is 0 Å². The van der Waals surface area contributed by atoms with Crippen molar-refractivity contribution < 1.29 is 9.18 Å². The highest BCUT2D eigenvalue weighted by atomic mass is 35.5. The monoisotopic (exact) mass is 278 g/mol. The van der Waals surface area contributed by atoms with Gasteiger partial charge in [0.25, 0.3) is 5.91 Å². The Labute approximate surface area is 115 Å². The molecule has 2 rings (SSSR count). The Hall–Kier alpha value is -2.07. The van der Waals surface area contributed by atoms with E-state index in [4.69, 9.17) is 17.3 Å². The Bertz CT molecular complexity index is 643. The fraction of sp³-hybridized carbons (Fsp3) is 0.0714. The van der Waals surface area contributed by atoms with Crippen LogP contribution in [0.3, 0.4) is 0 Å². The molecule has 2 aromatic carbocycles. The molecule has 3 nitrogen and oxygen atoms in total. The largest absolute Gasteiger partial charge is 0.399 e. The van der Waals surface area contributed by atoms with Gasteiger partial charge in [-0.3, -0.25) is 4.79 Å². The Kier molecular flexibility index (Phi) is 3.71. The van der Waals surface area contributed by atoms with Gasteiger partial charge in [-0.2, -0.15) is 0 Å². The first-order chi connectivity index (χ1) is 8.97. The summed E-state index contributed by atoms with van der Waals surface area (Å²) in [6, 6.07) is 8.99. The lowest BCUT2D eigenvalue weighted by atomic mass is 10.1. The number of rotatable bonds is 2. The Morgan fingerprint density at radius 3 is 2.63 bits per heavy atom. The summed E-state index contributed by atoms with van der Waals surface area (Å²) in [5.74, 6) is -0.681. The second-order valence-electron chi connectivity index (χ2n) is 4.16. The molecule has 0 saturated heterocycles. The summed E-state index contributed by atoms with van der Waals surface area (Å²) in [6.45, 7) is 1.63. The van der Waals surface area contributed by atoms with Gasteiger partial charge < -0.3 is 11.1 Å². The molecule has 5 heteroatoms. The zero-order chi connectivity index (χ0) is 14.0. The zero-order valence-corrected chi connectivity index (χ0v) is 11.0. The number of anilines is 2. The van der Waals surface area contributed by atoms with E-state index in [1.807, 2.05) is 0 Å². The molecule has 2 aromatic rings. The maximum Gasteiger partial charge on any atom is 0.257 e. The lowest BCUT2D eigenvalue weighted by Crippen LogP contribution is -2.12. The second kappa shape index (κ2) is 5.28. The van der Waals surface area contributed by atoms with E-state index in [1.165, 1.54) is 18.2 Å². The number of nitrogens with two attached hydrogens (primary N) is 1. The molecule has 0 radical (unpaired) electrons. The average molecular weight is 279 g/mol. The second-order valence-corrected chi connectivity index (χ2v) is 4.56. The van der Waals surface area contributed by atoms with Gasteiger partial charge in [0.1, 0.15) is 5.82 Å². The van der Waals surface area contributed by atoms with Crippen molar-refractivity contribution in [3.63, 3.8) is 0 Å². The van der Waals surface area contributed by atoms with Gasteiger partial charge in [-0.15, -0.1) is 0 Å². The Morgan fingerprint density at radius 2 is 2.00 bits per heavy atom.